The molecule has 24 heavy (non-hydrogen) atoms. The van der Waals surface area contributed by atoms with Gasteiger partial charge in [0.05, 0.1) is 14.4 Å². The van der Waals surface area contributed by atoms with E-state index in [1.807, 2.05) is 23.5 Å². The molecule has 1 aromatic carbocycles. The van der Waals surface area contributed by atoms with Crippen LogP contribution < -0.4 is 0 Å². The third kappa shape index (κ3) is 6.14. The van der Waals surface area contributed by atoms with Gasteiger partial charge in [-0.1, -0.05) is 12.5 Å². The average Bonchev–Trinajstić information content (AvgIpc) is 2.59. The zero-order valence-electron chi connectivity index (χ0n) is 13.3. The summed E-state index contributed by atoms with van der Waals surface area (Å²) in [6.45, 7) is 0. The maximum atomic E-state index is 12.1. The van der Waals surface area contributed by atoms with E-state index in [1.54, 1.807) is 6.08 Å². The molecule has 0 aliphatic carbocycles. The van der Waals surface area contributed by atoms with E-state index >= 15 is 0 Å². The Morgan fingerprint density at radius 2 is 1.83 bits per heavy atom. The van der Waals surface area contributed by atoms with Crippen LogP contribution >= 0.6 is 23.5 Å². The second-order valence-corrected chi connectivity index (χ2v) is 10.2. The monoisotopic (exact) mass is 387 g/mol. The first-order valence-corrected chi connectivity index (χ1v) is 11.5. The molecule has 1 aliphatic heterocycles. The lowest BCUT2D eigenvalue weighted by Crippen LogP contribution is -2.06. The lowest BCUT2D eigenvalue weighted by Gasteiger charge is -2.20. The van der Waals surface area contributed by atoms with E-state index in [1.165, 1.54) is 54.0 Å². The van der Waals surface area contributed by atoms with Gasteiger partial charge in [0.2, 0.25) is 0 Å². The van der Waals surface area contributed by atoms with Gasteiger partial charge in [-0.25, -0.2) is 8.42 Å². The molecule has 8 heteroatoms. The first-order valence-electron chi connectivity index (χ1n) is 7.88. The van der Waals surface area contributed by atoms with E-state index in [9.17, 15) is 18.5 Å². The van der Waals surface area contributed by atoms with E-state index in [4.69, 9.17) is 0 Å². The largest absolute Gasteiger partial charge is 0.269 e. The van der Waals surface area contributed by atoms with Crippen molar-refractivity contribution < 1.29 is 13.3 Å². The summed E-state index contributed by atoms with van der Waals surface area (Å²) in [5.74, 6) is 2.51. The van der Waals surface area contributed by atoms with Gasteiger partial charge in [0.15, 0.2) is 9.84 Å². The van der Waals surface area contributed by atoms with Crippen LogP contribution in [0.25, 0.3) is 0 Å². The highest BCUT2D eigenvalue weighted by Gasteiger charge is 2.14. The number of sulfone groups is 1. The molecule has 0 atom stereocenters. The predicted octanol–water partition coefficient (Wildman–Crippen LogP) is 4.64. The summed E-state index contributed by atoms with van der Waals surface area (Å²) in [7, 11) is -3.52. The lowest BCUT2D eigenvalue weighted by atomic mass is 10.2. The fourth-order valence-corrected chi connectivity index (χ4v) is 6.33. The van der Waals surface area contributed by atoms with Crippen molar-refractivity contribution in [2.45, 2.75) is 41.6 Å². The van der Waals surface area contributed by atoms with Crippen molar-refractivity contribution in [3.8, 4) is 0 Å². The molecule has 132 valence electrons. The van der Waals surface area contributed by atoms with Gasteiger partial charge in [-0.15, -0.1) is 23.5 Å². The second-order valence-electron chi connectivity index (χ2n) is 5.48. The van der Waals surface area contributed by atoms with E-state index in [0.29, 0.717) is 4.58 Å². The minimum absolute atomic E-state index is 0.0827. The maximum Gasteiger partial charge on any atom is 0.269 e. The van der Waals surface area contributed by atoms with E-state index in [0.717, 1.165) is 19.3 Å². The second kappa shape index (κ2) is 9.48. The minimum Gasteiger partial charge on any atom is -0.258 e. The summed E-state index contributed by atoms with van der Waals surface area (Å²) in [6, 6.07) is 4.96. The first kappa shape index (κ1) is 19.3. The summed E-state index contributed by atoms with van der Waals surface area (Å²) in [6.07, 6.45) is 6.97. The molecule has 1 aromatic rings. The summed E-state index contributed by atoms with van der Waals surface area (Å²) in [5.41, 5.74) is -0.114. The van der Waals surface area contributed by atoms with Gasteiger partial charge >= 0.3 is 0 Å². The van der Waals surface area contributed by atoms with Gasteiger partial charge in [-0.05, 0) is 49.3 Å². The molecule has 5 nitrogen and oxygen atoms in total. The van der Waals surface area contributed by atoms with Crippen molar-refractivity contribution in [2.24, 2.45) is 0 Å². The third-order valence-corrected chi connectivity index (χ3v) is 8.17. The zero-order valence-corrected chi connectivity index (χ0v) is 15.7. The molecular weight excluding hydrogens is 366 g/mol. The molecule has 0 bridgehead atoms. The van der Waals surface area contributed by atoms with Gasteiger partial charge in [0.25, 0.3) is 5.69 Å². The van der Waals surface area contributed by atoms with Crippen LogP contribution in [0.5, 0.6) is 0 Å². The highest BCUT2D eigenvalue weighted by molar-refractivity contribution is 8.17. The normalized spacial score (nSPS) is 16.5. The number of nitrogens with zero attached hydrogens (tertiary/aromatic N) is 1. The number of thioether (sulfide) groups is 2. The van der Waals surface area contributed by atoms with Crippen molar-refractivity contribution in [1.82, 2.24) is 0 Å². The van der Waals surface area contributed by atoms with Crippen LogP contribution in [0.15, 0.2) is 40.6 Å². The molecule has 1 heterocycles. The standard InChI is InChI=1S/C16H21NO4S3/c18-17(19)14-7-9-15(10-8-14)24(20,21)13-4-2-1-3-6-16-22-11-5-12-23-16/h4,7-10,13,16H,1-3,5-6,11-12H2/b13-4+. The number of non-ortho nitro benzene ring substituents is 1. The number of hydrogen-bond acceptors (Lipinski definition) is 6. The minimum atomic E-state index is -3.52. The molecule has 0 saturated carbocycles. The molecule has 0 N–H and O–H groups in total. The van der Waals surface area contributed by atoms with Crippen molar-refractivity contribution in [3.05, 3.63) is 45.9 Å². The smallest absolute Gasteiger partial charge is 0.258 e. The van der Waals surface area contributed by atoms with E-state index in [-0.39, 0.29) is 10.6 Å². The van der Waals surface area contributed by atoms with E-state index in [2.05, 4.69) is 0 Å². The molecule has 1 fully saturated rings. The Balaban J connectivity index is 1.76. The molecule has 0 spiro atoms. The Morgan fingerprint density at radius 1 is 1.17 bits per heavy atom. The fourth-order valence-electron chi connectivity index (χ4n) is 2.31. The predicted molar refractivity (Wildman–Crippen MR) is 101 cm³/mol. The zero-order chi connectivity index (χ0) is 17.4. The maximum absolute atomic E-state index is 12.1. The van der Waals surface area contributed by atoms with Crippen molar-refractivity contribution in [3.63, 3.8) is 0 Å². The van der Waals surface area contributed by atoms with Crippen LogP contribution in [0.2, 0.25) is 0 Å². The van der Waals surface area contributed by atoms with Gasteiger partial charge in [0, 0.05) is 17.5 Å². The number of rotatable bonds is 8. The van der Waals surface area contributed by atoms with Crippen molar-refractivity contribution >= 4 is 39.0 Å². The number of allylic oxidation sites excluding steroid dienone is 1. The Bertz CT molecular complexity index is 665. The molecular formula is C16H21NO4S3. The quantitative estimate of drug-likeness (QED) is 0.367. The van der Waals surface area contributed by atoms with Crippen LogP contribution in [-0.2, 0) is 9.84 Å². The molecule has 0 aromatic heterocycles. The first-order chi connectivity index (χ1) is 11.5. The SMILES string of the molecule is O=[N+]([O-])c1ccc(S(=O)(=O)/C=C/CCCCC2SCCCS2)cc1. The van der Waals surface area contributed by atoms with Crippen LogP contribution in [0.3, 0.4) is 0 Å². The number of hydrogen-bond donors (Lipinski definition) is 0. The highest BCUT2D eigenvalue weighted by Crippen LogP contribution is 2.34. The Labute approximate surface area is 151 Å². The molecule has 1 saturated heterocycles. The molecule has 0 amide bonds. The van der Waals surface area contributed by atoms with Gasteiger partial charge < -0.3 is 0 Å². The number of benzene rings is 1. The lowest BCUT2D eigenvalue weighted by molar-refractivity contribution is -0.384. The number of unbranched alkanes of at least 4 members (excludes halogenated alkanes) is 2. The summed E-state index contributed by atoms with van der Waals surface area (Å²) < 4.78 is 25.0. The number of nitro benzene ring substituents is 1. The Morgan fingerprint density at radius 3 is 2.46 bits per heavy atom. The Hall–Kier alpha value is -0.990. The molecule has 1 aliphatic rings. The van der Waals surface area contributed by atoms with Gasteiger partial charge in [0.1, 0.15) is 0 Å². The molecule has 0 radical (unpaired) electrons. The van der Waals surface area contributed by atoms with Crippen LogP contribution in [0, 0.1) is 10.1 Å². The van der Waals surface area contributed by atoms with Gasteiger partial charge in [-0.3, -0.25) is 10.1 Å². The topological polar surface area (TPSA) is 77.3 Å². The Kier molecular flexibility index (Phi) is 7.64. The number of nitro groups is 1. The van der Waals surface area contributed by atoms with Crippen LogP contribution in [0.1, 0.15) is 32.1 Å². The summed E-state index contributed by atoms with van der Waals surface area (Å²) in [4.78, 5) is 10.1. The average molecular weight is 388 g/mol. The third-order valence-electron chi connectivity index (χ3n) is 3.61. The van der Waals surface area contributed by atoms with E-state index < -0.39 is 14.8 Å². The van der Waals surface area contributed by atoms with Crippen molar-refractivity contribution in [2.75, 3.05) is 11.5 Å². The van der Waals surface area contributed by atoms with Crippen LogP contribution in [-0.4, -0.2) is 29.4 Å². The van der Waals surface area contributed by atoms with Crippen molar-refractivity contribution in [1.29, 1.82) is 0 Å². The molecule has 0 unspecified atom stereocenters. The summed E-state index contributed by atoms with van der Waals surface area (Å²) >= 11 is 4.07. The summed E-state index contributed by atoms with van der Waals surface area (Å²) in [5, 5.41) is 11.8. The fraction of sp³-hybridized carbons (Fsp3) is 0.500. The van der Waals surface area contributed by atoms with Crippen LogP contribution in [0.4, 0.5) is 5.69 Å². The van der Waals surface area contributed by atoms with Gasteiger partial charge in [-0.2, -0.15) is 0 Å². The highest BCUT2D eigenvalue weighted by atomic mass is 32.2. The molecule has 2 rings (SSSR count).